The van der Waals surface area contributed by atoms with Gasteiger partial charge in [-0.1, -0.05) is 49.4 Å². The Kier molecular flexibility index (Phi) is 5.85. The maximum absolute atomic E-state index is 5.62. The first-order chi connectivity index (χ1) is 12.6. The van der Waals surface area contributed by atoms with E-state index in [-0.39, 0.29) is 0 Å². The lowest BCUT2D eigenvalue weighted by Gasteiger charge is -2.20. The van der Waals surface area contributed by atoms with Crippen LogP contribution in [0.15, 0.2) is 54.6 Å². The average Bonchev–Trinajstić information content (AvgIpc) is 2.96. The molecule has 0 radical (unpaired) electrons. The van der Waals surface area contributed by atoms with Gasteiger partial charge < -0.3 is 9.30 Å². The molecule has 0 amide bonds. The molecule has 0 spiro atoms. The van der Waals surface area contributed by atoms with Crippen LogP contribution in [0.25, 0.3) is 11.4 Å². The van der Waals surface area contributed by atoms with Gasteiger partial charge in [0.05, 0.1) is 19.3 Å². The minimum absolute atomic E-state index is 0.646. The number of benzene rings is 2. The molecule has 0 saturated carbocycles. The lowest BCUT2D eigenvalue weighted by Crippen LogP contribution is -2.26. The SMILES string of the molecule is CCN(Cc1ccccc1)Cn1nc(-c2ccccc2OC)n(C)c1=S. The Hall–Kier alpha value is -2.44. The van der Waals surface area contributed by atoms with Gasteiger partial charge in [-0.3, -0.25) is 4.90 Å². The highest BCUT2D eigenvalue weighted by atomic mass is 32.1. The lowest BCUT2D eigenvalue weighted by molar-refractivity contribution is 0.207. The van der Waals surface area contributed by atoms with E-state index in [0.717, 1.165) is 30.2 Å². The zero-order valence-corrected chi connectivity index (χ0v) is 16.2. The molecule has 0 unspecified atom stereocenters. The number of para-hydroxylation sites is 1. The largest absolute Gasteiger partial charge is 0.496 e. The van der Waals surface area contributed by atoms with Gasteiger partial charge in [-0.25, -0.2) is 4.68 Å². The molecule has 0 N–H and O–H groups in total. The fraction of sp³-hybridized carbons (Fsp3) is 0.300. The molecule has 0 saturated heterocycles. The molecule has 0 atom stereocenters. The van der Waals surface area contributed by atoms with Crippen LogP contribution in [0.2, 0.25) is 0 Å². The molecule has 1 heterocycles. The highest BCUT2D eigenvalue weighted by Gasteiger charge is 2.15. The summed E-state index contributed by atoms with van der Waals surface area (Å²) in [5, 5.41) is 4.77. The number of nitrogens with zero attached hydrogens (tertiary/aromatic N) is 4. The van der Waals surface area contributed by atoms with Crippen LogP contribution in [0.4, 0.5) is 0 Å². The molecular formula is C20H24N4OS. The van der Waals surface area contributed by atoms with E-state index >= 15 is 0 Å². The smallest absolute Gasteiger partial charge is 0.199 e. The van der Waals surface area contributed by atoms with Crippen LogP contribution in [-0.4, -0.2) is 32.9 Å². The summed E-state index contributed by atoms with van der Waals surface area (Å²) in [7, 11) is 3.62. The first-order valence-electron chi connectivity index (χ1n) is 8.67. The van der Waals surface area contributed by atoms with E-state index in [1.807, 2.05) is 46.6 Å². The molecule has 0 fully saturated rings. The summed E-state index contributed by atoms with van der Waals surface area (Å²) in [4.78, 5) is 2.31. The van der Waals surface area contributed by atoms with Gasteiger partial charge in [0.15, 0.2) is 10.6 Å². The Morgan fingerprint density at radius 3 is 2.46 bits per heavy atom. The topological polar surface area (TPSA) is 35.2 Å². The summed E-state index contributed by atoms with van der Waals surface area (Å²) in [5.41, 5.74) is 2.22. The summed E-state index contributed by atoms with van der Waals surface area (Å²) in [5.74, 6) is 1.60. The van der Waals surface area contributed by atoms with Crippen LogP contribution >= 0.6 is 12.2 Å². The Morgan fingerprint density at radius 2 is 1.77 bits per heavy atom. The summed E-state index contributed by atoms with van der Waals surface area (Å²) in [6, 6.07) is 18.3. The van der Waals surface area contributed by atoms with E-state index in [1.165, 1.54) is 5.56 Å². The number of ether oxygens (including phenoxy) is 1. The van der Waals surface area contributed by atoms with Crippen LogP contribution in [0.5, 0.6) is 5.75 Å². The third kappa shape index (κ3) is 3.86. The van der Waals surface area contributed by atoms with Crippen LogP contribution in [0.1, 0.15) is 12.5 Å². The van der Waals surface area contributed by atoms with Gasteiger partial charge in [0, 0.05) is 13.6 Å². The number of hydrogen-bond donors (Lipinski definition) is 0. The first-order valence-corrected chi connectivity index (χ1v) is 9.08. The Balaban J connectivity index is 1.88. The quantitative estimate of drug-likeness (QED) is 0.588. The van der Waals surface area contributed by atoms with Gasteiger partial charge in [-0.2, -0.15) is 5.10 Å². The highest BCUT2D eigenvalue weighted by Crippen LogP contribution is 2.28. The molecule has 26 heavy (non-hydrogen) atoms. The minimum atomic E-state index is 0.646. The van der Waals surface area contributed by atoms with Gasteiger partial charge >= 0.3 is 0 Å². The fourth-order valence-corrected chi connectivity index (χ4v) is 3.12. The molecule has 5 nitrogen and oxygen atoms in total. The molecule has 2 aromatic carbocycles. The fourth-order valence-electron chi connectivity index (χ4n) is 2.94. The van der Waals surface area contributed by atoms with Gasteiger partial charge in [0.1, 0.15) is 5.75 Å². The van der Waals surface area contributed by atoms with Crippen molar-refractivity contribution in [2.75, 3.05) is 13.7 Å². The van der Waals surface area contributed by atoms with Gasteiger partial charge in [-0.05, 0) is 36.5 Å². The second kappa shape index (κ2) is 8.29. The van der Waals surface area contributed by atoms with E-state index in [9.17, 15) is 0 Å². The molecule has 0 bridgehead atoms. The van der Waals surface area contributed by atoms with E-state index < -0.39 is 0 Å². The van der Waals surface area contributed by atoms with Crippen molar-refractivity contribution in [2.45, 2.75) is 20.1 Å². The van der Waals surface area contributed by atoms with Crippen molar-refractivity contribution in [1.29, 1.82) is 0 Å². The van der Waals surface area contributed by atoms with Crippen LogP contribution < -0.4 is 4.74 Å². The zero-order valence-electron chi connectivity index (χ0n) is 15.4. The zero-order chi connectivity index (χ0) is 18.5. The summed E-state index contributed by atoms with van der Waals surface area (Å²) < 4.78 is 9.98. The molecule has 1 aromatic heterocycles. The maximum Gasteiger partial charge on any atom is 0.199 e. The second-order valence-corrected chi connectivity index (χ2v) is 6.50. The van der Waals surface area contributed by atoms with E-state index in [2.05, 4.69) is 36.1 Å². The van der Waals surface area contributed by atoms with E-state index in [4.69, 9.17) is 22.1 Å². The number of methoxy groups -OCH3 is 1. The summed E-state index contributed by atoms with van der Waals surface area (Å²) >= 11 is 5.62. The number of rotatable bonds is 7. The van der Waals surface area contributed by atoms with Crippen molar-refractivity contribution in [3.8, 4) is 17.1 Å². The second-order valence-electron chi connectivity index (χ2n) is 6.14. The van der Waals surface area contributed by atoms with Crippen molar-refractivity contribution in [3.63, 3.8) is 0 Å². The maximum atomic E-state index is 5.62. The van der Waals surface area contributed by atoms with Crippen LogP contribution in [-0.2, 0) is 20.3 Å². The molecule has 3 aromatic rings. The number of aromatic nitrogens is 3. The van der Waals surface area contributed by atoms with Crippen molar-refractivity contribution in [1.82, 2.24) is 19.2 Å². The third-order valence-electron chi connectivity index (χ3n) is 4.42. The summed E-state index contributed by atoms with van der Waals surface area (Å²) in [6.07, 6.45) is 0. The van der Waals surface area contributed by atoms with Crippen molar-refractivity contribution in [3.05, 3.63) is 64.9 Å². The molecule has 136 valence electrons. The van der Waals surface area contributed by atoms with E-state index in [1.54, 1.807) is 7.11 Å². The highest BCUT2D eigenvalue weighted by molar-refractivity contribution is 7.71. The minimum Gasteiger partial charge on any atom is -0.496 e. The van der Waals surface area contributed by atoms with E-state index in [0.29, 0.717) is 11.4 Å². The lowest BCUT2D eigenvalue weighted by atomic mass is 10.2. The molecule has 0 aliphatic rings. The van der Waals surface area contributed by atoms with Crippen molar-refractivity contribution in [2.24, 2.45) is 7.05 Å². The van der Waals surface area contributed by atoms with Gasteiger partial charge in [0.25, 0.3) is 0 Å². The summed E-state index contributed by atoms with van der Waals surface area (Å²) in [6.45, 7) is 4.57. The predicted octanol–water partition coefficient (Wildman–Crippen LogP) is 4.11. The Bertz CT molecular complexity index is 917. The normalized spacial score (nSPS) is 11.1. The first kappa shape index (κ1) is 18.4. The molecular weight excluding hydrogens is 344 g/mol. The van der Waals surface area contributed by atoms with Crippen LogP contribution in [0, 0.1) is 4.77 Å². The van der Waals surface area contributed by atoms with Crippen molar-refractivity contribution >= 4 is 12.2 Å². The van der Waals surface area contributed by atoms with Crippen molar-refractivity contribution < 1.29 is 4.74 Å². The Morgan fingerprint density at radius 1 is 1.08 bits per heavy atom. The Labute approximate surface area is 159 Å². The molecule has 3 rings (SSSR count). The third-order valence-corrected chi connectivity index (χ3v) is 4.90. The standard InChI is InChI=1S/C20H24N4OS/c1-4-23(14-16-10-6-5-7-11-16)15-24-20(26)22(2)19(21-24)17-12-8-9-13-18(17)25-3/h5-13H,4,14-15H2,1-3H3. The molecule has 6 heteroatoms. The molecule has 0 aliphatic carbocycles. The average molecular weight is 369 g/mol. The number of hydrogen-bond acceptors (Lipinski definition) is 4. The molecule has 0 aliphatic heterocycles. The van der Waals surface area contributed by atoms with Crippen LogP contribution in [0.3, 0.4) is 0 Å². The monoisotopic (exact) mass is 368 g/mol. The van der Waals surface area contributed by atoms with Gasteiger partial charge in [0.2, 0.25) is 0 Å². The van der Waals surface area contributed by atoms with Gasteiger partial charge in [-0.15, -0.1) is 0 Å². The predicted molar refractivity (Wildman–Crippen MR) is 107 cm³/mol.